The van der Waals surface area contributed by atoms with Gasteiger partial charge in [0.15, 0.2) is 0 Å². The smallest absolute Gasteiger partial charge is 0.345 e. The van der Waals surface area contributed by atoms with E-state index in [9.17, 15) is 9.59 Å². The fraction of sp³-hybridized carbons (Fsp3) is 0.500. The van der Waals surface area contributed by atoms with E-state index in [1.165, 1.54) is 11.3 Å². The van der Waals surface area contributed by atoms with Crippen molar-refractivity contribution in [2.75, 3.05) is 19.8 Å². The molecule has 2 heterocycles. The van der Waals surface area contributed by atoms with Gasteiger partial charge in [-0.05, 0) is 18.6 Å². The SMILES string of the molecule is Cc1sc(C(=O)O)cc1CN1CCOCCC1=O. The molecule has 98 valence electrons. The van der Waals surface area contributed by atoms with Crippen molar-refractivity contribution in [3.05, 3.63) is 21.4 Å². The maximum absolute atomic E-state index is 11.8. The Bertz CT molecular complexity index is 469. The molecule has 0 radical (unpaired) electrons. The second-order valence-corrected chi connectivity index (χ2v) is 5.43. The maximum atomic E-state index is 11.8. The quantitative estimate of drug-likeness (QED) is 0.903. The van der Waals surface area contributed by atoms with E-state index in [1.807, 2.05) is 6.92 Å². The summed E-state index contributed by atoms with van der Waals surface area (Å²) < 4.78 is 5.25. The minimum atomic E-state index is -0.917. The third-order valence-corrected chi connectivity index (χ3v) is 3.99. The highest BCUT2D eigenvalue weighted by Crippen LogP contribution is 2.23. The number of aryl methyl sites for hydroxylation is 1. The number of aromatic carboxylic acids is 1. The molecule has 6 heteroatoms. The molecule has 0 aliphatic carbocycles. The summed E-state index contributed by atoms with van der Waals surface area (Å²) in [5.41, 5.74) is 0.910. The molecule has 0 unspecified atom stereocenters. The summed E-state index contributed by atoms with van der Waals surface area (Å²) >= 11 is 1.25. The van der Waals surface area contributed by atoms with Gasteiger partial charge in [-0.2, -0.15) is 0 Å². The maximum Gasteiger partial charge on any atom is 0.345 e. The predicted octanol–water partition coefficient (Wildman–Crippen LogP) is 1.50. The van der Waals surface area contributed by atoms with Gasteiger partial charge in [0.2, 0.25) is 5.91 Å². The highest BCUT2D eigenvalue weighted by atomic mass is 32.1. The number of carboxylic acid groups (broad SMARTS) is 1. The number of carboxylic acids is 1. The van der Waals surface area contributed by atoms with E-state index in [0.717, 1.165) is 10.4 Å². The molecule has 1 fully saturated rings. The third kappa shape index (κ3) is 2.88. The molecule has 1 aromatic heterocycles. The number of hydrogen-bond donors (Lipinski definition) is 1. The lowest BCUT2D eigenvalue weighted by Crippen LogP contribution is -2.31. The van der Waals surface area contributed by atoms with Crippen LogP contribution in [0.5, 0.6) is 0 Å². The molecular weight excluding hydrogens is 254 g/mol. The number of rotatable bonds is 3. The monoisotopic (exact) mass is 269 g/mol. The molecule has 1 saturated heterocycles. The van der Waals surface area contributed by atoms with Gasteiger partial charge in [-0.3, -0.25) is 4.79 Å². The Hall–Kier alpha value is -1.40. The lowest BCUT2D eigenvalue weighted by Gasteiger charge is -2.19. The zero-order valence-electron chi connectivity index (χ0n) is 10.1. The summed E-state index contributed by atoms with van der Waals surface area (Å²) in [5.74, 6) is -0.852. The Kier molecular flexibility index (Phi) is 3.98. The largest absolute Gasteiger partial charge is 0.477 e. The highest BCUT2D eigenvalue weighted by Gasteiger charge is 2.19. The molecule has 1 aliphatic heterocycles. The highest BCUT2D eigenvalue weighted by molar-refractivity contribution is 7.14. The molecule has 0 saturated carbocycles. The number of hydrogen-bond acceptors (Lipinski definition) is 4. The van der Waals surface area contributed by atoms with Crippen LogP contribution in [-0.2, 0) is 16.1 Å². The second-order valence-electron chi connectivity index (χ2n) is 4.17. The second kappa shape index (κ2) is 5.49. The lowest BCUT2D eigenvalue weighted by atomic mass is 10.2. The summed E-state index contributed by atoms with van der Waals surface area (Å²) in [6.45, 7) is 3.93. The van der Waals surface area contributed by atoms with Crippen LogP contribution in [0.25, 0.3) is 0 Å². The Balaban J connectivity index is 2.12. The van der Waals surface area contributed by atoms with Crippen LogP contribution < -0.4 is 0 Å². The first-order valence-corrected chi connectivity index (χ1v) is 6.57. The summed E-state index contributed by atoms with van der Waals surface area (Å²) in [6.07, 6.45) is 0.398. The number of thiophene rings is 1. The molecule has 2 rings (SSSR count). The van der Waals surface area contributed by atoms with Gasteiger partial charge < -0.3 is 14.7 Å². The van der Waals surface area contributed by atoms with Gasteiger partial charge in [0.05, 0.1) is 19.6 Å². The molecule has 1 aliphatic rings. The number of carbonyl (C=O) groups is 2. The van der Waals surface area contributed by atoms with Gasteiger partial charge in [-0.25, -0.2) is 4.79 Å². The first kappa shape index (κ1) is 13.0. The molecule has 1 aromatic rings. The van der Waals surface area contributed by atoms with Crippen LogP contribution in [0.1, 0.15) is 26.5 Å². The van der Waals surface area contributed by atoms with Gasteiger partial charge in [-0.1, -0.05) is 0 Å². The molecule has 0 spiro atoms. The molecule has 0 aromatic carbocycles. The number of ether oxygens (including phenoxy) is 1. The van der Waals surface area contributed by atoms with Crippen molar-refractivity contribution >= 4 is 23.2 Å². The van der Waals surface area contributed by atoms with Gasteiger partial charge in [0, 0.05) is 18.0 Å². The van der Waals surface area contributed by atoms with Gasteiger partial charge in [-0.15, -0.1) is 11.3 Å². The predicted molar refractivity (Wildman–Crippen MR) is 66.9 cm³/mol. The Morgan fingerprint density at radius 2 is 2.33 bits per heavy atom. The molecule has 18 heavy (non-hydrogen) atoms. The van der Waals surface area contributed by atoms with Crippen LogP contribution in [-0.4, -0.2) is 41.6 Å². The Morgan fingerprint density at radius 1 is 1.56 bits per heavy atom. The van der Waals surface area contributed by atoms with Crippen LogP contribution in [0.4, 0.5) is 0 Å². The number of amides is 1. The van der Waals surface area contributed by atoms with Gasteiger partial charge in [0.25, 0.3) is 0 Å². The average molecular weight is 269 g/mol. The van der Waals surface area contributed by atoms with Crippen LogP contribution in [0, 0.1) is 6.92 Å². The van der Waals surface area contributed by atoms with Crippen molar-refractivity contribution in [2.24, 2.45) is 0 Å². The zero-order valence-corrected chi connectivity index (χ0v) is 11.0. The third-order valence-electron chi connectivity index (χ3n) is 2.91. The first-order valence-electron chi connectivity index (χ1n) is 5.76. The molecular formula is C12H15NO4S. The van der Waals surface area contributed by atoms with Crippen LogP contribution in [0.3, 0.4) is 0 Å². The minimum absolute atomic E-state index is 0.0648. The van der Waals surface area contributed by atoms with Crippen molar-refractivity contribution in [1.82, 2.24) is 4.90 Å². The van der Waals surface area contributed by atoms with E-state index in [0.29, 0.717) is 37.6 Å². The number of carbonyl (C=O) groups excluding carboxylic acids is 1. The summed E-state index contributed by atoms with van der Waals surface area (Å²) in [7, 11) is 0. The van der Waals surface area contributed by atoms with Crippen LogP contribution >= 0.6 is 11.3 Å². The topological polar surface area (TPSA) is 66.8 Å². The van der Waals surface area contributed by atoms with E-state index in [4.69, 9.17) is 9.84 Å². The number of nitrogens with zero attached hydrogens (tertiary/aromatic N) is 1. The Morgan fingerprint density at radius 3 is 3.00 bits per heavy atom. The first-order chi connectivity index (χ1) is 8.58. The standard InChI is InChI=1S/C12H15NO4S/c1-8-9(6-10(18-8)12(15)16)7-13-3-5-17-4-2-11(13)14/h6H,2-5,7H2,1H3,(H,15,16). The summed E-state index contributed by atoms with van der Waals surface area (Å²) in [4.78, 5) is 25.7. The van der Waals surface area contributed by atoms with E-state index in [2.05, 4.69) is 0 Å². The fourth-order valence-electron chi connectivity index (χ4n) is 1.87. The lowest BCUT2D eigenvalue weighted by molar-refractivity contribution is -0.131. The van der Waals surface area contributed by atoms with E-state index in [-0.39, 0.29) is 5.91 Å². The molecule has 0 atom stereocenters. The molecule has 1 amide bonds. The summed E-state index contributed by atoms with van der Waals surface area (Å²) in [6, 6.07) is 1.65. The fourth-order valence-corrected chi connectivity index (χ4v) is 2.75. The molecule has 1 N–H and O–H groups in total. The zero-order chi connectivity index (χ0) is 13.1. The normalized spacial score (nSPS) is 16.7. The minimum Gasteiger partial charge on any atom is -0.477 e. The van der Waals surface area contributed by atoms with Crippen molar-refractivity contribution in [3.63, 3.8) is 0 Å². The average Bonchev–Trinajstić information content (AvgIpc) is 2.56. The van der Waals surface area contributed by atoms with Crippen molar-refractivity contribution in [3.8, 4) is 0 Å². The molecule has 5 nitrogen and oxygen atoms in total. The Labute approximate surface area is 109 Å². The van der Waals surface area contributed by atoms with Gasteiger partial charge in [0.1, 0.15) is 4.88 Å². The summed E-state index contributed by atoms with van der Waals surface area (Å²) in [5, 5.41) is 8.94. The van der Waals surface area contributed by atoms with E-state index >= 15 is 0 Å². The van der Waals surface area contributed by atoms with E-state index in [1.54, 1.807) is 11.0 Å². The van der Waals surface area contributed by atoms with Crippen LogP contribution in [0.15, 0.2) is 6.07 Å². The van der Waals surface area contributed by atoms with Crippen molar-refractivity contribution in [1.29, 1.82) is 0 Å². The van der Waals surface area contributed by atoms with Gasteiger partial charge >= 0.3 is 5.97 Å². The molecule has 0 bridgehead atoms. The van der Waals surface area contributed by atoms with Crippen molar-refractivity contribution in [2.45, 2.75) is 19.9 Å². The van der Waals surface area contributed by atoms with Crippen molar-refractivity contribution < 1.29 is 19.4 Å². The van der Waals surface area contributed by atoms with E-state index < -0.39 is 5.97 Å². The van der Waals surface area contributed by atoms with Crippen LogP contribution in [0.2, 0.25) is 0 Å².